The van der Waals surface area contributed by atoms with Gasteiger partial charge < -0.3 is 34.8 Å². The standard InChI is InChI=1S/C30H44N10O4/c1-30(2,3)44-29(42)39-12-4-6-21(19-39)31-25(41)11-10-22-7-5-13-40(22)28-34-26(32-24-18-23(36-37-24)20-8-9-20)33-27(35-28)38-14-16-43-17-15-38/h10-11,18,20-22H,4-9,12-17,19H2,1-3H3,(H,31,41)(H2,32,33,34,35,36,37)/b11-10+/t21-,22?/m1/s1. The van der Waals surface area contributed by atoms with E-state index in [9.17, 15) is 9.59 Å². The lowest BCUT2D eigenvalue weighted by atomic mass is 10.1. The van der Waals surface area contributed by atoms with Gasteiger partial charge >= 0.3 is 6.09 Å². The number of hydrogen-bond donors (Lipinski definition) is 3. The number of aromatic nitrogens is 5. The van der Waals surface area contributed by atoms with Gasteiger partial charge in [0.05, 0.1) is 19.3 Å². The topological polar surface area (TPSA) is 154 Å². The summed E-state index contributed by atoms with van der Waals surface area (Å²) < 4.78 is 11.1. The number of carbonyl (C=O) groups excluding carboxylic acids is 2. The summed E-state index contributed by atoms with van der Waals surface area (Å²) in [5.41, 5.74) is 0.573. The van der Waals surface area contributed by atoms with E-state index in [4.69, 9.17) is 24.4 Å². The predicted octanol–water partition coefficient (Wildman–Crippen LogP) is 3.09. The van der Waals surface area contributed by atoms with Crippen molar-refractivity contribution in [3.8, 4) is 0 Å². The molecule has 238 valence electrons. The first-order valence-electron chi connectivity index (χ1n) is 15.8. The van der Waals surface area contributed by atoms with E-state index in [1.54, 1.807) is 11.0 Å². The summed E-state index contributed by atoms with van der Waals surface area (Å²) in [5, 5.41) is 13.9. The fourth-order valence-electron chi connectivity index (χ4n) is 5.84. The van der Waals surface area contributed by atoms with E-state index in [2.05, 4.69) is 30.6 Å². The molecule has 0 spiro atoms. The third kappa shape index (κ3) is 7.76. The molecule has 3 N–H and O–H groups in total. The van der Waals surface area contributed by atoms with Gasteiger partial charge in [-0.2, -0.15) is 20.1 Å². The normalized spacial score (nSPS) is 22.8. The highest BCUT2D eigenvalue weighted by atomic mass is 16.6. The van der Waals surface area contributed by atoms with Crippen LogP contribution >= 0.6 is 0 Å². The quantitative estimate of drug-likeness (QED) is 0.379. The molecule has 2 aromatic rings. The number of piperidine rings is 1. The molecule has 0 radical (unpaired) electrons. The average molecular weight is 609 g/mol. The molecule has 44 heavy (non-hydrogen) atoms. The maximum absolute atomic E-state index is 13.0. The van der Waals surface area contributed by atoms with Gasteiger partial charge in [0.2, 0.25) is 23.8 Å². The lowest BCUT2D eigenvalue weighted by Crippen LogP contribution is -2.50. The van der Waals surface area contributed by atoms with E-state index >= 15 is 0 Å². The van der Waals surface area contributed by atoms with Crippen molar-refractivity contribution in [1.29, 1.82) is 0 Å². The Morgan fingerprint density at radius 2 is 1.80 bits per heavy atom. The number of aromatic amines is 1. The molecule has 3 aliphatic heterocycles. The lowest BCUT2D eigenvalue weighted by Gasteiger charge is -2.34. The van der Waals surface area contributed by atoms with Gasteiger partial charge in [0.1, 0.15) is 5.60 Å². The van der Waals surface area contributed by atoms with Crippen molar-refractivity contribution in [1.82, 2.24) is 35.4 Å². The molecule has 0 bridgehead atoms. The van der Waals surface area contributed by atoms with Crippen LogP contribution in [0.25, 0.3) is 0 Å². The molecular weight excluding hydrogens is 564 g/mol. The van der Waals surface area contributed by atoms with Gasteiger partial charge in [0, 0.05) is 62.5 Å². The highest BCUT2D eigenvalue weighted by Gasteiger charge is 2.30. The van der Waals surface area contributed by atoms with Crippen LogP contribution in [-0.4, -0.2) is 106 Å². The molecule has 2 amide bonds. The Morgan fingerprint density at radius 1 is 1.02 bits per heavy atom. The average Bonchev–Trinajstić information content (AvgIpc) is 3.56. The largest absolute Gasteiger partial charge is 0.444 e. The van der Waals surface area contributed by atoms with Gasteiger partial charge in [-0.25, -0.2) is 4.79 Å². The molecule has 6 rings (SSSR count). The Hall–Kier alpha value is -3.94. The number of H-pyrrole nitrogens is 1. The summed E-state index contributed by atoms with van der Waals surface area (Å²) >= 11 is 0. The smallest absolute Gasteiger partial charge is 0.410 e. The fraction of sp³-hybridized carbons (Fsp3) is 0.667. The second-order valence-electron chi connectivity index (χ2n) is 13.0. The number of carbonyl (C=O) groups is 2. The summed E-state index contributed by atoms with van der Waals surface area (Å²) in [6.07, 6.45) is 9.02. The molecule has 1 saturated carbocycles. The van der Waals surface area contributed by atoms with Crippen molar-refractivity contribution in [2.45, 2.75) is 82.9 Å². The summed E-state index contributed by atoms with van der Waals surface area (Å²) in [5.74, 6) is 2.66. The number of hydrogen-bond acceptors (Lipinski definition) is 11. The van der Waals surface area contributed by atoms with E-state index < -0.39 is 5.60 Å². The number of ether oxygens (including phenoxy) is 2. The van der Waals surface area contributed by atoms with Crippen molar-refractivity contribution in [3.63, 3.8) is 0 Å². The molecule has 1 unspecified atom stereocenters. The summed E-state index contributed by atoms with van der Waals surface area (Å²) in [6.45, 7) is 10.0. The van der Waals surface area contributed by atoms with E-state index in [0.29, 0.717) is 69.0 Å². The molecule has 3 saturated heterocycles. The zero-order valence-electron chi connectivity index (χ0n) is 25.9. The lowest BCUT2D eigenvalue weighted by molar-refractivity contribution is -0.117. The maximum Gasteiger partial charge on any atom is 0.410 e. The number of nitrogens with one attached hydrogen (secondary N) is 3. The van der Waals surface area contributed by atoms with Crippen LogP contribution in [0.1, 0.15) is 70.9 Å². The number of amides is 2. The number of rotatable bonds is 8. The van der Waals surface area contributed by atoms with Crippen molar-refractivity contribution >= 4 is 35.7 Å². The number of nitrogens with zero attached hydrogens (tertiary/aromatic N) is 7. The van der Waals surface area contributed by atoms with Gasteiger partial charge in [-0.1, -0.05) is 6.08 Å². The molecule has 2 aromatic heterocycles. The third-order valence-electron chi connectivity index (χ3n) is 8.21. The van der Waals surface area contributed by atoms with Crippen molar-refractivity contribution in [2.24, 2.45) is 0 Å². The predicted molar refractivity (Wildman–Crippen MR) is 165 cm³/mol. The van der Waals surface area contributed by atoms with Gasteiger partial charge in [0.25, 0.3) is 0 Å². The second kappa shape index (κ2) is 13.0. The number of likely N-dealkylation sites (tertiary alicyclic amines) is 1. The first-order valence-corrected chi connectivity index (χ1v) is 15.8. The Labute approximate surface area is 258 Å². The minimum atomic E-state index is -0.556. The van der Waals surface area contributed by atoms with Crippen molar-refractivity contribution < 1.29 is 19.1 Å². The second-order valence-corrected chi connectivity index (χ2v) is 13.0. The molecule has 14 nitrogen and oxygen atoms in total. The van der Waals surface area contributed by atoms with Crippen LogP contribution in [0.4, 0.5) is 28.5 Å². The fourth-order valence-corrected chi connectivity index (χ4v) is 5.84. The molecule has 4 aliphatic rings. The molecule has 2 atom stereocenters. The van der Waals surface area contributed by atoms with Crippen molar-refractivity contribution in [2.75, 3.05) is 61.1 Å². The van der Waals surface area contributed by atoms with Gasteiger partial charge in [-0.3, -0.25) is 9.89 Å². The van der Waals surface area contributed by atoms with E-state index in [-0.39, 0.29) is 24.1 Å². The van der Waals surface area contributed by atoms with Crippen LogP contribution in [0.5, 0.6) is 0 Å². The Morgan fingerprint density at radius 3 is 2.57 bits per heavy atom. The Bertz CT molecular complexity index is 1350. The molecule has 4 fully saturated rings. The Kier molecular flexibility index (Phi) is 8.87. The molecular formula is C30H44N10O4. The van der Waals surface area contributed by atoms with Crippen LogP contribution in [0.3, 0.4) is 0 Å². The summed E-state index contributed by atoms with van der Waals surface area (Å²) in [7, 11) is 0. The first kappa shape index (κ1) is 30.1. The first-order chi connectivity index (χ1) is 21.2. The van der Waals surface area contributed by atoms with Crippen LogP contribution in [0.2, 0.25) is 0 Å². The third-order valence-corrected chi connectivity index (χ3v) is 8.21. The van der Waals surface area contributed by atoms with Gasteiger partial charge in [-0.05, 0) is 59.3 Å². The summed E-state index contributed by atoms with van der Waals surface area (Å²) in [6, 6.07) is 1.86. The highest BCUT2D eigenvalue weighted by Crippen LogP contribution is 2.39. The van der Waals surface area contributed by atoms with Crippen LogP contribution in [-0.2, 0) is 14.3 Å². The van der Waals surface area contributed by atoms with Crippen molar-refractivity contribution in [3.05, 3.63) is 23.9 Å². The zero-order chi connectivity index (χ0) is 30.7. The monoisotopic (exact) mass is 608 g/mol. The van der Waals surface area contributed by atoms with Gasteiger partial charge in [-0.15, -0.1) is 0 Å². The molecule has 14 heteroatoms. The highest BCUT2D eigenvalue weighted by molar-refractivity contribution is 5.88. The van der Waals surface area contributed by atoms with Crippen LogP contribution < -0.4 is 20.4 Å². The van der Waals surface area contributed by atoms with E-state index in [1.807, 2.05) is 32.9 Å². The molecule has 1 aliphatic carbocycles. The Balaban J connectivity index is 1.12. The molecule has 5 heterocycles. The zero-order valence-corrected chi connectivity index (χ0v) is 25.9. The van der Waals surface area contributed by atoms with Crippen LogP contribution in [0.15, 0.2) is 18.2 Å². The SMILES string of the molecule is CC(C)(C)OC(=O)N1CCC[C@@H](NC(=O)/C=C/C2CCCN2c2nc(Nc3cc(C4CC4)[nH]n3)nc(N3CCOCC3)n2)C1. The van der Waals surface area contributed by atoms with E-state index in [1.165, 1.54) is 12.8 Å². The number of morpholine rings is 1. The number of anilines is 4. The minimum absolute atomic E-state index is 0.0370. The van der Waals surface area contributed by atoms with Gasteiger partial charge in [0.15, 0.2) is 5.82 Å². The minimum Gasteiger partial charge on any atom is -0.444 e. The molecule has 0 aromatic carbocycles. The van der Waals surface area contributed by atoms with Crippen LogP contribution in [0, 0.1) is 0 Å². The summed E-state index contributed by atoms with van der Waals surface area (Å²) in [4.78, 5) is 45.8. The van der Waals surface area contributed by atoms with E-state index in [0.717, 1.165) is 37.9 Å². The maximum atomic E-state index is 13.0.